The van der Waals surface area contributed by atoms with Gasteiger partial charge in [-0.2, -0.15) is 11.8 Å². The highest BCUT2D eigenvalue weighted by Crippen LogP contribution is 2.29. The molecule has 1 aliphatic rings. The van der Waals surface area contributed by atoms with Crippen molar-refractivity contribution in [1.29, 1.82) is 0 Å². The summed E-state index contributed by atoms with van der Waals surface area (Å²) >= 11 is 1.64. The molecule has 1 aliphatic heterocycles. The van der Waals surface area contributed by atoms with Crippen LogP contribution in [0.2, 0.25) is 0 Å². The quantitative estimate of drug-likeness (QED) is 0.636. The van der Waals surface area contributed by atoms with Crippen molar-refractivity contribution in [1.82, 2.24) is 4.90 Å². The molecule has 1 atom stereocenters. The Morgan fingerprint density at radius 3 is 2.62 bits per heavy atom. The summed E-state index contributed by atoms with van der Waals surface area (Å²) in [5, 5.41) is 0.128. The number of thioether (sulfide) groups is 1. The van der Waals surface area contributed by atoms with Crippen molar-refractivity contribution >= 4 is 17.7 Å². The van der Waals surface area contributed by atoms with E-state index in [1.165, 1.54) is 25.7 Å². The highest BCUT2D eigenvalue weighted by molar-refractivity contribution is 7.99. The minimum Gasteiger partial charge on any atom is -0.316 e. The minimum absolute atomic E-state index is 0.128. The first-order valence-electron chi connectivity index (χ1n) is 6.22. The second kappa shape index (κ2) is 7.00. The summed E-state index contributed by atoms with van der Waals surface area (Å²) in [6.45, 7) is 7.08. The van der Waals surface area contributed by atoms with Crippen LogP contribution in [0.25, 0.3) is 0 Å². The molecule has 0 spiro atoms. The van der Waals surface area contributed by atoms with Gasteiger partial charge in [-0.1, -0.05) is 39.2 Å². The molecule has 0 N–H and O–H groups in total. The molecule has 0 aromatic carbocycles. The second-order valence-corrected chi connectivity index (χ2v) is 5.44. The van der Waals surface area contributed by atoms with Crippen LogP contribution in [0.1, 0.15) is 45.4 Å². The zero-order valence-electron chi connectivity index (χ0n) is 10.5. The summed E-state index contributed by atoms with van der Waals surface area (Å²) in [6, 6.07) is 0. The molecule has 2 nitrogen and oxygen atoms in total. The lowest BCUT2D eigenvalue weighted by Gasteiger charge is -2.17. The van der Waals surface area contributed by atoms with E-state index < -0.39 is 0 Å². The Hall–Kier alpha value is -0.440. The molecule has 1 amide bonds. The fourth-order valence-corrected chi connectivity index (χ4v) is 2.76. The molecule has 0 aromatic heterocycles. The van der Waals surface area contributed by atoms with Gasteiger partial charge in [0.2, 0.25) is 5.91 Å². The van der Waals surface area contributed by atoms with Gasteiger partial charge in [0.25, 0.3) is 0 Å². The minimum atomic E-state index is 0.128. The Morgan fingerprint density at radius 1 is 1.38 bits per heavy atom. The molecule has 1 fully saturated rings. The molecule has 1 rings (SSSR count). The topological polar surface area (TPSA) is 20.3 Å². The van der Waals surface area contributed by atoms with Crippen LogP contribution in [0.15, 0.2) is 12.3 Å². The van der Waals surface area contributed by atoms with Crippen LogP contribution in [0, 0.1) is 0 Å². The van der Waals surface area contributed by atoms with E-state index in [9.17, 15) is 4.79 Å². The molecule has 1 unspecified atom stereocenters. The van der Waals surface area contributed by atoms with Crippen molar-refractivity contribution < 1.29 is 4.79 Å². The number of carbonyl (C=O) groups excluding carboxylic acids is 1. The number of unbranched alkanes of at least 4 members (excludes halogenated alkanes) is 4. The summed E-state index contributed by atoms with van der Waals surface area (Å²) in [4.78, 5) is 13.8. The number of hydrogen-bond acceptors (Lipinski definition) is 2. The average molecular weight is 241 g/mol. The lowest BCUT2D eigenvalue weighted by atomic mass is 10.1. The lowest BCUT2D eigenvalue weighted by Crippen LogP contribution is -2.28. The number of amides is 1. The van der Waals surface area contributed by atoms with Gasteiger partial charge < -0.3 is 4.90 Å². The van der Waals surface area contributed by atoms with E-state index in [-0.39, 0.29) is 11.2 Å². The predicted octanol–water partition coefficient (Wildman–Crippen LogP) is 3.43. The highest BCUT2D eigenvalue weighted by Gasteiger charge is 2.33. The largest absolute Gasteiger partial charge is 0.316 e. The average Bonchev–Trinajstić information content (AvgIpc) is 2.55. The zero-order valence-corrected chi connectivity index (χ0v) is 11.3. The van der Waals surface area contributed by atoms with Gasteiger partial charge in [0, 0.05) is 18.7 Å². The van der Waals surface area contributed by atoms with E-state index >= 15 is 0 Å². The van der Waals surface area contributed by atoms with Crippen LogP contribution < -0.4 is 0 Å². The van der Waals surface area contributed by atoms with Gasteiger partial charge >= 0.3 is 0 Å². The first kappa shape index (κ1) is 13.6. The maximum Gasteiger partial charge on any atom is 0.240 e. The maximum atomic E-state index is 11.9. The number of rotatable bonds is 7. The number of hydrogen-bond donors (Lipinski definition) is 0. The van der Waals surface area contributed by atoms with E-state index in [1.807, 2.05) is 11.2 Å². The summed E-state index contributed by atoms with van der Waals surface area (Å²) in [5.41, 5.74) is 1.01. The van der Waals surface area contributed by atoms with Gasteiger partial charge in [0.15, 0.2) is 0 Å². The van der Waals surface area contributed by atoms with Crippen molar-refractivity contribution in [3.63, 3.8) is 0 Å². The third-order valence-corrected chi connectivity index (χ3v) is 4.05. The molecule has 1 heterocycles. The SMILES string of the molecule is C=C1CC(SC)C(=O)N1CCCCCCC. The van der Waals surface area contributed by atoms with Crippen LogP contribution in [-0.4, -0.2) is 28.9 Å². The van der Waals surface area contributed by atoms with E-state index in [2.05, 4.69) is 13.5 Å². The number of carbonyl (C=O) groups is 1. The van der Waals surface area contributed by atoms with E-state index in [1.54, 1.807) is 11.8 Å². The second-order valence-electron chi connectivity index (χ2n) is 4.40. The van der Waals surface area contributed by atoms with Crippen LogP contribution in [0.4, 0.5) is 0 Å². The molecule has 0 aliphatic carbocycles. The molecule has 0 saturated carbocycles. The Balaban J connectivity index is 2.26. The lowest BCUT2D eigenvalue weighted by molar-refractivity contribution is -0.126. The van der Waals surface area contributed by atoms with Gasteiger partial charge in [0.05, 0.1) is 5.25 Å². The zero-order chi connectivity index (χ0) is 12.0. The number of nitrogens with zero attached hydrogens (tertiary/aromatic N) is 1. The summed E-state index contributed by atoms with van der Waals surface area (Å²) in [6.07, 6.45) is 9.06. The monoisotopic (exact) mass is 241 g/mol. The third-order valence-electron chi connectivity index (χ3n) is 3.11. The summed E-state index contributed by atoms with van der Waals surface area (Å²) in [5.74, 6) is 0.271. The highest BCUT2D eigenvalue weighted by atomic mass is 32.2. The molecule has 92 valence electrons. The smallest absolute Gasteiger partial charge is 0.240 e. The van der Waals surface area contributed by atoms with E-state index in [4.69, 9.17) is 0 Å². The van der Waals surface area contributed by atoms with Gasteiger partial charge in [-0.15, -0.1) is 0 Å². The molecule has 1 saturated heterocycles. The van der Waals surface area contributed by atoms with E-state index in [0.717, 1.165) is 25.1 Å². The molecule has 0 bridgehead atoms. The normalized spacial score (nSPS) is 20.9. The molecule has 3 heteroatoms. The molecular formula is C13H23NOS. The van der Waals surface area contributed by atoms with Crippen molar-refractivity contribution in [3.05, 3.63) is 12.3 Å². The van der Waals surface area contributed by atoms with E-state index in [0.29, 0.717) is 0 Å². The van der Waals surface area contributed by atoms with Crippen LogP contribution in [0.5, 0.6) is 0 Å². The van der Waals surface area contributed by atoms with Crippen LogP contribution in [-0.2, 0) is 4.79 Å². The third kappa shape index (κ3) is 3.55. The molecule has 0 aromatic rings. The Bertz CT molecular complexity index is 252. The summed E-state index contributed by atoms with van der Waals surface area (Å²) in [7, 11) is 0. The molecular weight excluding hydrogens is 218 g/mol. The number of likely N-dealkylation sites (tertiary alicyclic amines) is 1. The standard InChI is InChI=1S/C13H23NOS/c1-4-5-6-7-8-9-14-11(2)10-12(16-3)13(14)15/h12H,2,4-10H2,1,3H3. The van der Waals surface area contributed by atoms with Gasteiger partial charge in [-0.05, 0) is 12.7 Å². The van der Waals surface area contributed by atoms with Crippen LogP contribution >= 0.6 is 11.8 Å². The van der Waals surface area contributed by atoms with Gasteiger partial charge in [-0.25, -0.2) is 0 Å². The van der Waals surface area contributed by atoms with Crippen molar-refractivity contribution in [2.75, 3.05) is 12.8 Å². The van der Waals surface area contributed by atoms with Gasteiger partial charge in [-0.3, -0.25) is 4.79 Å². The Labute approximate surface area is 103 Å². The predicted molar refractivity (Wildman–Crippen MR) is 71.5 cm³/mol. The fourth-order valence-electron chi connectivity index (χ4n) is 2.07. The first-order valence-corrected chi connectivity index (χ1v) is 7.51. The maximum absolute atomic E-state index is 11.9. The number of allylic oxidation sites excluding steroid dienone is 1. The van der Waals surface area contributed by atoms with Gasteiger partial charge in [0.1, 0.15) is 0 Å². The Morgan fingerprint density at radius 2 is 2.06 bits per heavy atom. The van der Waals surface area contributed by atoms with Crippen molar-refractivity contribution in [3.8, 4) is 0 Å². The molecule has 0 radical (unpaired) electrons. The molecule has 16 heavy (non-hydrogen) atoms. The van der Waals surface area contributed by atoms with Crippen LogP contribution in [0.3, 0.4) is 0 Å². The van der Waals surface area contributed by atoms with Crippen molar-refractivity contribution in [2.45, 2.75) is 50.7 Å². The Kier molecular flexibility index (Phi) is 5.96. The summed E-state index contributed by atoms with van der Waals surface area (Å²) < 4.78 is 0. The van der Waals surface area contributed by atoms with Crippen molar-refractivity contribution in [2.24, 2.45) is 0 Å². The first-order chi connectivity index (χ1) is 7.70. The fraction of sp³-hybridized carbons (Fsp3) is 0.769.